The zero-order chi connectivity index (χ0) is 18.7. The number of carbonyl (C=O) groups excluding carboxylic acids is 1. The van der Waals surface area contributed by atoms with Gasteiger partial charge in [0, 0.05) is 29.4 Å². The van der Waals surface area contributed by atoms with E-state index in [-0.39, 0.29) is 10.8 Å². The average Bonchev–Trinajstić information content (AvgIpc) is 2.62. The average molecular weight is 393 g/mol. The molecule has 3 rings (SSSR count). The molecule has 0 unspecified atom stereocenters. The van der Waals surface area contributed by atoms with Crippen LogP contribution in [0.5, 0.6) is 0 Å². The van der Waals surface area contributed by atoms with Gasteiger partial charge in [0.15, 0.2) is 0 Å². The van der Waals surface area contributed by atoms with E-state index in [0.29, 0.717) is 34.9 Å². The maximum atomic E-state index is 12.9. The molecular weight excluding hydrogens is 372 g/mol. The molecule has 1 aliphatic rings. The van der Waals surface area contributed by atoms with Crippen LogP contribution in [0.25, 0.3) is 0 Å². The second kappa shape index (κ2) is 7.78. The van der Waals surface area contributed by atoms with Crippen molar-refractivity contribution in [3.05, 3.63) is 58.6 Å². The molecular formula is C19H21ClN2O3S. The van der Waals surface area contributed by atoms with Crippen molar-refractivity contribution >= 4 is 33.2 Å². The third-order valence-electron chi connectivity index (χ3n) is 4.49. The van der Waals surface area contributed by atoms with E-state index in [0.717, 1.165) is 19.3 Å². The Balaban J connectivity index is 1.88. The van der Waals surface area contributed by atoms with Crippen LogP contribution in [0.15, 0.2) is 47.4 Å². The summed E-state index contributed by atoms with van der Waals surface area (Å²) < 4.78 is 27.2. The van der Waals surface area contributed by atoms with Crippen LogP contribution in [-0.2, 0) is 10.0 Å². The highest BCUT2D eigenvalue weighted by Gasteiger charge is 2.27. The largest absolute Gasteiger partial charge is 0.322 e. The smallest absolute Gasteiger partial charge is 0.255 e. The summed E-state index contributed by atoms with van der Waals surface area (Å²) in [5.41, 5.74) is 1.61. The summed E-state index contributed by atoms with van der Waals surface area (Å²) in [7, 11) is -3.58. The van der Waals surface area contributed by atoms with Crippen LogP contribution in [0.1, 0.15) is 35.2 Å². The predicted octanol–water partition coefficient (Wildman–Crippen LogP) is 4.08. The molecule has 0 radical (unpaired) electrons. The number of rotatable bonds is 4. The van der Waals surface area contributed by atoms with Gasteiger partial charge in [0.05, 0.1) is 4.90 Å². The van der Waals surface area contributed by atoms with Crippen LogP contribution in [0, 0.1) is 6.92 Å². The second-order valence-corrected chi connectivity index (χ2v) is 8.78. The molecule has 0 spiro atoms. The number of benzene rings is 2. The van der Waals surface area contributed by atoms with E-state index in [1.54, 1.807) is 43.3 Å². The number of carbonyl (C=O) groups is 1. The summed E-state index contributed by atoms with van der Waals surface area (Å²) in [5, 5.41) is 3.28. The fraction of sp³-hybridized carbons (Fsp3) is 0.316. The molecule has 0 atom stereocenters. The lowest BCUT2D eigenvalue weighted by molar-refractivity contribution is 0.102. The van der Waals surface area contributed by atoms with Crippen molar-refractivity contribution in [2.75, 3.05) is 18.4 Å². The molecule has 1 saturated heterocycles. The first-order valence-corrected chi connectivity index (χ1v) is 10.4. The summed E-state index contributed by atoms with van der Waals surface area (Å²) >= 11 is 5.94. The Morgan fingerprint density at radius 3 is 2.50 bits per heavy atom. The zero-order valence-corrected chi connectivity index (χ0v) is 16.1. The minimum absolute atomic E-state index is 0.154. The van der Waals surface area contributed by atoms with Crippen molar-refractivity contribution in [3.63, 3.8) is 0 Å². The summed E-state index contributed by atoms with van der Waals surface area (Å²) in [6.45, 7) is 2.84. The van der Waals surface area contributed by atoms with E-state index in [4.69, 9.17) is 11.6 Å². The Bertz CT molecular complexity index is 922. The van der Waals surface area contributed by atoms with Crippen LogP contribution in [0.4, 0.5) is 5.69 Å². The monoisotopic (exact) mass is 392 g/mol. The van der Waals surface area contributed by atoms with Crippen LogP contribution in [0.2, 0.25) is 5.02 Å². The highest BCUT2D eigenvalue weighted by Crippen LogP contribution is 2.24. The Hall–Kier alpha value is -1.89. The number of halogens is 1. The van der Waals surface area contributed by atoms with Crippen LogP contribution in [-0.4, -0.2) is 31.7 Å². The van der Waals surface area contributed by atoms with Crippen LogP contribution < -0.4 is 5.32 Å². The second-order valence-electron chi connectivity index (χ2n) is 6.41. The molecule has 0 saturated carbocycles. The number of sulfonamides is 1. The normalized spacial score (nSPS) is 15.6. The molecule has 1 aliphatic heterocycles. The van der Waals surface area contributed by atoms with Gasteiger partial charge in [-0.05, 0) is 55.7 Å². The summed E-state index contributed by atoms with van der Waals surface area (Å²) in [6, 6.07) is 11.5. The Kier molecular flexibility index (Phi) is 5.65. The number of hydrogen-bond donors (Lipinski definition) is 1. The fourth-order valence-electron chi connectivity index (χ4n) is 3.03. The third kappa shape index (κ3) is 4.09. The number of anilines is 1. The van der Waals surface area contributed by atoms with E-state index in [1.807, 2.05) is 0 Å². The molecule has 5 nitrogen and oxygen atoms in total. The first-order valence-electron chi connectivity index (χ1n) is 8.55. The molecule has 0 aromatic heterocycles. The van der Waals surface area contributed by atoms with Crippen molar-refractivity contribution in [3.8, 4) is 0 Å². The third-order valence-corrected chi connectivity index (χ3v) is 6.62. The number of piperidine rings is 1. The van der Waals surface area contributed by atoms with E-state index in [1.165, 1.54) is 10.4 Å². The summed E-state index contributed by atoms with van der Waals surface area (Å²) in [6.07, 6.45) is 2.79. The number of aryl methyl sites for hydroxylation is 1. The zero-order valence-electron chi connectivity index (χ0n) is 14.5. The van der Waals surface area contributed by atoms with Crippen molar-refractivity contribution in [1.82, 2.24) is 4.31 Å². The molecule has 1 heterocycles. The van der Waals surface area contributed by atoms with Gasteiger partial charge in [-0.25, -0.2) is 8.42 Å². The van der Waals surface area contributed by atoms with Crippen molar-refractivity contribution in [2.45, 2.75) is 31.1 Å². The lowest BCUT2D eigenvalue weighted by atomic mass is 10.1. The Morgan fingerprint density at radius 2 is 1.81 bits per heavy atom. The molecule has 1 N–H and O–H groups in total. The maximum Gasteiger partial charge on any atom is 0.255 e. The van der Waals surface area contributed by atoms with E-state index >= 15 is 0 Å². The minimum Gasteiger partial charge on any atom is -0.322 e. The SMILES string of the molecule is Cc1ccc(S(=O)(=O)N2CCCCC2)cc1C(=O)Nc1cccc(Cl)c1. The molecule has 1 fully saturated rings. The van der Waals surface area contributed by atoms with E-state index in [2.05, 4.69) is 5.32 Å². The first-order chi connectivity index (χ1) is 12.4. The van der Waals surface area contributed by atoms with Crippen molar-refractivity contribution in [1.29, 1.82) is 0 Å². The van der Waals surface area contributed by atoms with E-state index < -0.39 is 10.0 Å². The van der Waals surface area contributed by atoms with Gasteiger partial charge in [0.25, 0.3) is 5.91 Å². The molecule has 7 heteroatoms. The first kappa shape index (κ1) is 18.9. The molecule has 0 aliphatic carbocycles. The fourth-order valence-corrected chi connectivity index (χ4v) is 4.76. The van der Waals surface area contributed by atoms with Crippen molar-refractivity contribution in [2.24, 2.45) is 0 Å². The van der Waals surface area contributed by atoms with Crippen LogP contribution in [0.3, 0.4) is 0 Å². The highest BCUT2D eigenvalue weighted by atomic mass is 35.5. The lowest BCUT2D eigenvalue weighted by Crippen LogP contribution is -2.35. The molecule has 138 valence electrons. The van der Waals surface area contributed by atoms with Crippen molar-refractivity contribution < 1.29 is 13.2 Å². The Morgan fingerprint density at radius 1 is 1.08 bits per heavy atom. The topological polar surface area (TPSA) is 66.5 Å². The number of nitrogens with zero attached hydrogens (tertiary/aromatic N) is 1. The molecule has 1 amide bonds. The van der Waals surface area contributed by atoms with Gasteiger partial charge in [0.1, 0.15) is 0 Å². The van der Waals surface area contributed by atoms with Gasteiger partial charge in [-0.2, -0.15) is 4.31 Å². The molecule has 2 aromatic carbocycles. The number of nitrogens with one attached hydrogen (secondary N) is 1. The minimum atomic E-state index is -3.58. The molecule has 26 heavy (non-hydrogen) atoms. The van der Waals surface area contributed by atoms with Gasteiger partial charge in [-0.15, -0.1) is 0 Å². The quantitative estimate of drug-likeness (QED) is 0.852. The maximum absolute atomic E-state index is 12.9. The standard InChI is InChI=1S/C19H21ClN2O3S/c1-14-8-9-17(26(24,25)22-10-3-2-4-11-22)13-18(14)19(23)21-16-7-5-6-15(20)12-16/h5-9,12-13H,2-4,10-11H2,1H3,(H,21,23). The highest BCUT2D eigenvalue weighted by molar-refractivity contribution is 7.89. The summed E-state index contributed by atoms with van der Waals surface area (Å²) in [5.74, 6) is -0.361. The summed E-state index contributed by atoms with van der Waals surface area (Å²) in [4.78, 5) is 12.8. The van der Waals surface area contributed by atoms with Crippen LogP contribution >= 0.6 is 11.6 Å². The number of hydrogen-bond acceptors (Lipinski definition) is 3. The van der Waals surface area contributed by atoms with E-state index in [9.17, 15) is 13.2 Å². The predicted molar refractivity (Wildman–Crippen MR) is 103 cm³/mol. The van der Waals surface area contributed by atoms with Gasteiger partial charge in [0.2, 0.25) is 10.0 Å². The molecule has 0 bridgehead atoms. The lowest BCUT2D eigenvalue weighted by Gasteiger charge is -2.26. The number of amides is 1. The van der Waals surface area contributed by atoms with Gasteiger partial charge < -0.3 is 5.32 Å². The Labute approximate surface area is 159 Å². The van der Waals surface area contributed by atoms with Gasteiger partial charge >= 0.3 is 0 Å². The van der Waals surface area contributed by atoms with Gasteiger partial charge in [-0.1, -0.05) is 30.2 Å². The van der Waals surface area contributed by atoms with Gasteiger partial charge in [-0.3, -0.25) is 4.79 Å². The molecule has 2 aromatic rings.